The molecule has 0 aliphatic carbocycles. The molecule has 0 saturated heterocycles. The van der Waals surface area contributed by atoms with Crippen LogP contribution >= 0.6 is 11.8 Å². The van der Waals surface area contributed by atoms with Crippen molar-refractivity contribution in [3.05, 3.63) is 48.3 Å². The fourth-order valence-electron chi connectivity index (χ4n) is 1.82. The smallest absolute Gasteiger partial charge is 0.315 e. The summed E-state index contributed by atoms with van der Waals surface area (Å²) in [6.45, 7) is 1.61. The molecule has 122 valence electrons. The van der Waals surface area contributed by atoms with Crippen molar-refractivity contribution in [1.82, 2.24) is 9.97 Å². The molecule has 1 amide bonds. The first-order valence-electron chi connectivity index (χ1n) is 6.68. The van der Waals surface area contributed by atoms with Gasteiger partial charge in [0.1, 0.15) is 5.69 Å². The highest BCUT2D eigenvalue weighted by Crippen LogP contribution is 2.29. The van der Waals surface area contributed by atoms with Crippen LogP contribution < -0.4 is 4.90 Å². The highest BCUT2D eigenvalue weighted by Gasteiger charge is 2.33. The lowest BCUT2D eigenvalue weighted by Gasteiger charge is -2.20. The number of hydrogen-bond acceptors (Lipinski definition) is 4. The average Bonchev–Trinajstić information content (AvgIpc) is 2.53. The van der Waals surface area contributed by atoms with Crippen LogP contribution in [0.2, 0.25) is 0 Å². The van der Waals surface area contributed by atoms with Gasteiger partial charge in [0.15, 0.2) is 5.16 Å². The zero-order valence-corrected chi connectivity index (χ0v) is 13.2. The molecule has 0 fully saturated rings. The molecule has 0 N–H and O–H groups in total. The number of nitrogens with zero attached hydrogens (tertiary/aromatic N) is 3. The van der Waals surface area contributed by atoms with E-state index >= 15 is 0 Å². The van der Waals surface area contributed by atoms with E-state index in [0.717, 1.165) is 24.0 Å². The molecule has 4 nitrogen and oxygen atoms in total. The van der Waals surface area contributed by atoms with Crippen LogP contribution in [-0.4, -0.2) is 28.2 Å². The lowest BCUT2D eigenvalue weighted by Crippen LogP contribution is -2.33. The second-order valence-electron chi connectivity index (χ2n) is 4.72. The minimum Gasteiger partial charge on any atom is -0.315 e. The molecule has 0 saturated carbocycles. The SMILES string of the molecule is CC(Sc1nccc(C(F)(F)F)n1)C(=O)N(C)c1ccccc1. The molecule has 0 bridgehead atoms. The van der Waals surface area contributed by atoms with Crippen molar-refractivity contribution in [2.24, 2.45) is 0 Å². The quantitative estimate of drug-likeness (QED) is 0.629. The molecule has 0 spiro atoms. The molecule has 1 heterocycles. The second kappa shape index (κ2) is 6.99. The number of para-hydroxylation sites is 1. The number of halogens is 3. The number of rotatable bonds is 4. The van der Waals surface area contributed by atoms with Gasteiger partial charge >= 0.3 is 6.18 Å². The molecule has 0 aliphatic heterocycles. The number of carbonyl (C=O) groups is 1. The summed E-state index contributed by atoms with van der Waals surface area (Å²) in [6.07, 6.45) is -3.50. The Balaban J connectivity index is 2.10. The Kier molecular flexibility index (Phi) is 5.25. The van der Waals surface area contributed by atoms with Crippen LogP contribution in [0.5, 0.6) is 0 Å². The number of benzene rings is 1. The van der Waals surface area contributed by atoms with E-state index in [1.165, 1.54) is 4.90 Å². The van der Waals surface area contributed by atoms with Crippen molar-refractivity contribution in [3.63, 3.8) is 0 Å². The highest BCUT2D eigenvalue weighted by molar-refractivity contribution is 8.00. The lowest BCUT2D eigenvalue weighted by atomic mass is 10.3. The maximum atomic E-state index is 12.6. The van der Waals surface area contributed by atoms with Gasteiger partial charge in [-0.3, -0.25) is 4.79 Å². The first-order chi connectivity index (χ1) is 10.8. The molecule has 2 rings (SSSR count). The van der Waals surface area contributed by atoms with Gasteiger partial charge < -0.3 is 4.90 Å². The maximum absolute atomic E-state index is 12.6. The van der Waals surface area contributed by atoms with Gasteiger partial charge in [0.2, 0.25) is 5.91 Å². The van der Waals surface area contributed by atoms with Crippen molar-refractivity contribution in [2.75, 3.05) is 11.9 Å². The van der Waals surface area contributed by atoms with E-state index < -0.39 is 17.1 Å². The van der Waals surface area contributed by atoms with Gasteiger partial charge in [-0.2, -0.15) is 13.2 Å². The van der Waals surface area contributed by atoms with Gasteiger partial charge in [0.05, 0.1) is 5.25 Å². The topological polar surface area (TPSA) is 46.1 Å². The molecule has 8 heteroatoms. The number of carbonyl (C=O) groups excluding carboxylic acids is 1. The summed E-state index contributed by atoms with van der Waals surface area (Å²) in [5, 5.41) is -0.703. The number of amides is 1. The molecule has 1 aromatic carbocycles. The Morgan fingerprint density at radius 1 is 1.22 bits per heavy atom. The third-order valence-corrected chi connectivity index (χ3v) is 3.99. The van der Waals surface area contributed by atoms with Crippen molar-refractivity contribution in [2.45, 2.75) is 23.5 Å². The zero-order valence-electron chi connectivity index (χ0n) is 12.4. The predicted molar refractivity (Wildman–Crippen MR) is 82.2 cm³/mol. The van der Waals surface area contributed by atoms with Gasteiger partial charge in [-0.05, 0) is 25.1 Å². The number of alkyl halides is 3. The van der Waals surface area contributed by atoms with E-state index in [4.69, 9.17) is 0 Å². The van der Waals surface area contributed by atoms with Crippen molar-refractivity contribution >= 4 is 23.4 Å². The molecule has 1 atom stereocenters. The average molecular weight is 341 g/mol. The van der Waals surface area contributed by atoms with E-state index in [0.29, 0.717) is 5.69 Å². The summed E-state index contributed by atoms with van der Waals surface area (Å²) in [6, 6.07) is 9.77. The molecule has 2 aromatic rings. The van der Waals surface area contributed by atoms with Crippen LogP contribution in [0.15, 0.2) is 47.8 Å². The molecule has 23 heavy (non-hydrogen) atoms. The fraction of sp³-hybridized carbons (Fsp3) is 0.267. The molecule has 1 unspecified atom stereocenters. The number of hydrogen-bond donors (Lipinski definition) is 0. The summed E-state index contributed by atoms with van der Waals surface area (Å²) in [4.78, 5) is 21.0. The third kappa shape index (κ3) is 4.44. The first-order valence-corrected chi connectivity index (χ1v) is 7.56. The molecular formula is C15H14F3N3OS. The van der Waals surface area contributed by atoms with Crippen LogP contribution in [0.3, 0.4) is 0 Å². The summed E-state index contributed by atoms with van der Waals surface area (Å²) in [5.74, 6) is -0.248. The van der Waals surface area contributed by atoms with Crippen molar-refractivity contribution < 1.29 is 18.0 Å². The Morgan fingerprint density at radius 2 is 1.87 bits per heavy atom. The van der Waals surface area contributed by atoms with E-state index in [-0.39, 0.29) is 11.1 Å². The molecule has 0 aliphatic rings. The Morgan fingerprint density at radius 3 is 2.48 bits per heavy atom. The van der Waals surface area contributed by atoms with Crippen molar-refractivity contribution in [1.29, 1.82) is 0 Å². The van der Waals surface area contributed by atoms with Crippen LogP contribution in [0, 0.1) is 0 Å². The van der Waals surface area contributed by atoms with E-state index in [9.17, 15) is 18.0 Å². The zero-order chi connectivity index (χ0) is 17.0. The van der Waals surface area contributed by atoms with Crippen LogP contribution in [0.25, 0.3) is 0 Å². The summed E-state index contributed by atoms with van der Waals surface area (Å²) in [5.41, 5.74) is -0.319. The van der Waals surface area contributed by atoms with Gasteiger partial charge in [-0.15, -0.1) is 0 Å². The summed E-state index contributed by atoms with van der Waals surface area (Å²) in [7, 11) is 1.61. The predicted octanol–water partition coefficient (Wildman–Crippen LogP) is 3.64. The molecule has 0 radical (unpaired) electrons. The van der Waals surface area contributed by atoms with Crippen LogP contribution in [-0.2, 0) is 11.0 Å². The number of anilines is 1. The number of thioether (sulfide) groups is 1. The summed E-state index contributed by atoms with van der Waals surface area (Å²) < 4.78 is 37.9. The third-order valence-electron chi connectivity index (χ3n) is 3.03. The number of aromatic nitrogens is 2. The van der Waals surface area contributed by atoms with E-state index in [1.54, 1.807) is 38.2 Å². The maximum Gasteiger partial charge on any atom is 0.433 e. The fourth-order valence-corrected chi connectivity index (χ4v) is 2.66. The lowest BCUT2D eigenvalue weighted by molar-refractivity contribution is -0.141. The normalized spacial score (nSPS) is 12.7. The Labute approximate surface area is 135 Å². The van der Waals surface area contributed by atoms with Gasteiger partial charge in [-0.1, -0.05) is 30.0 Å². The Hall–Kier alpha value is -2.09. The van der Waals surface area contributed by atoms with Crippen molar-refractivity contribution in [3.8, 4) is 0 Å². The van der Waals surface area contributed by atoms with Gasteiger partial charge in [-0.25, -0.2) is 9.97 Å². The standard InChI is InChI=1S/C15H14F3N3OS/c1-10(13(22)21(2)11-6-4-3-5-7-11)23-14-19-9-8-12(20-14)15(16,17)18/h3-10H,1-2H3. The molecule has 1 aromatic heterocycles. The minimum absolute atomic E-state index is 0.0814. The summed E-state index contributed by atoms with van der Waals surface area (Å²) >= 11 is 0.892. The van der Waals surface area contributed by atoms with Gasteiger partial charge in [0.25, 0.3) is 0 Å². The van der Waals surface area contributed by atoms with Crippen LogP contribution in [0.1, 0.15) is 12.6 Å². The van der Waals surface area contributed by atoms with E-state index in [1.807, 2.05) is 6.07 Å². The monoisotopic (exact) mass is 341 g/mol. The highest BCUT2D eigenvalue weighted by atomic mass is 32.2. The largest absolute Gasteiger partial charge is 0.433 e. The molecular weight excluding hydrogens is 327 g/mol. The van der Waals surface area contributed by atoms with Gasteiger partial charge in [0, 0.05) is 18.9 Å². The van der Waals surface area contributed by atoms with Crippen LogP contribution in [0.4, 0.5) is 18.9 Å². The Bertz CT molecular complexity index is 679. The minimum atomic E-state index is -4.54. The second-order valence-corrected chi connectivity index (χ2v) is 6.02. The first kappa shape index (κ1) is 17.3. The van der Waals surface area contributed by atoms with E-state index in [2.05, 4.69) is 9.97 Å².